The molecular weight excluding hydrogens is 388 g/mol. The normalized spacial score (nSPS) is 16.3. The minimum atomic E-state index is -3.24. The van der Waals surface area contributed by atoms with Crippen molar-refractivity contribution in [3.63, 3.8) is 0 Å². The van der Waals surface area contributed by atoms with Gasteiger partial charge in [0.05, 0.1) is 11.8 Å². The molecule has 1 aliphatic heterocycles. The summed E-state index contributed by atoms with van der Waals surface area (Å²) < 4.78 is 55.2. The van der Waals surface area contributed by atoms with Crippen LogP contribution < -0.4 is 9.64 Å². The number of fused-ring (bicyclic) bond motifs is 1. The maximum Gasteiger partial charge on any atom is 0.387 e. The standard InChI is InChI=1S/C19H25F2N3O3S/c1-4-24(28(3,25)26)14-7-9-23(10-8-14)18-11-13(2)22-17-6-5-15(12-16(17)18)27-19(20)21/h5-6,11-12,14,19H,4,7-10H2,1-3H3. The first-order valence-corrected chi connectivity index (χ1v) is 11.1. The Morgan fingerprint density at radius 2 is 1.96 bits per heavy atom. The highest BCUT2D eigenvalue weighted by atomic mass is 32.2. The summed E-state index contributed by atoms with van der Waals surface area (Å²) in [4.78, 5) is 6.65. The zero-order valence-electron chi connectivity index (χ0n) is 16.2. The van der Waals surface area contributed by atoms with Crippen molar-refractivity contribution >= 4 is 26.6 Å². The van der Waals surface area contributed by atoms with Crippen LogP contribution in [0.25, 0.3) is 10.9 Å². The average Bonchev–Trinajstić information content (AvgIpc) is 2.61. The Morgan fingerprint density at radius 3 is 2.54 bits per heavy atom. The van der Waals surface area contributed by atoms with Crippen LogP contribution >= 0.6 is 0 Å². The molecule has 0 spiro atoms. The molecule has 6 nitrogen and oxygen atoms in total. The number of hydrogen-bond acceptors (Lipinski definition) is 5. The Bertz CT molecular complexity index is 945. The van der Waals surface area contributed by atoms with E-state index in [4.69, 9.17) is 0 Å². The fraction of sp³-hybridized carbons (Fsp3) is 0.526. The van der Waals surface area contributed by atoms with Crippen molar-refractivity contribution in [2.75, 3.05) is 30.8 Å². The number of pyridine rings is 1. The minimum absolute atomic E-state index is 0.0248. The van der Waals surface area contributed by atoms with Gasteiger partial charge in [0.1, 0.15) is 5.75 Å². The minimum Gasteiger partial charge on any atom is -0.435 e. The molecule has 3 rings (SSSR count). The number of aromatic nitrogens is 1. The van der Waals surface area contributed by atoms with Crippen LogP contribution in [0.5, 0.6) is 5.75 Å². The third-order valence-corrected chi connectivity index (χ3v) is 6.47. The van der Waals surface area contributed by atoms with Gasteiger partial charge >= 0.3 is 6.61 Å². The van der Waals surface area contributed by atoms with Crippen molar-refractivity contribution in [1.82, 2.24) is 9.29 Å². The van der Waals surface area contributed by atoms with Crippen molar-refractivity contribution in [2.45, 2.75) is 39.3 Å². The molecule has 0 radical (unpaired) electrons. The number of nitrogens with zero attached hydrogens (tertiary/aromatic N) is 3. The lowest BCUT2D eigenvalue weighted by Crippen LogP contribution is -2.47. The van der Waals surface area contributed by atoms with E-state index in [1.165, 1.54) is 12.3 Å². The SMILES string of the molecule is CCN(C1CCN(c2cc(C)nc3ccc(OC(F)F)cc23)CC1)S(C)(=O)=O. The van der Waals surface area contributed by atoms with Gasteiger partial charge in [0.2, 0.25) is 10.0 Å². The summed E-state index contributed by atoms with van der Waals surface area (Å²) in [6, 6.07) is 6.66. The number of anilines is 1. The fourth-order valence-electron chi connectivity index (χ4n) is 3.91. The van der Waals surface area contributed by atoms with E-state index in [-0.39, 0.29) is 11.8 Å². The van der Waals surface area contributed by atoms with E-state index in [9.17, 15) is 17.2 Å². The Kier molecular flexibility index (Phi) is 6.04. The maximum atomic E-state index is 12.6. The summed E-state index contributed by atoms with van der Waals surface area (Å²) in [5.41, 5.74) is 2.45. The predicted molar refractivity (Wildman–Crippen MR) is 106 cm³/mol. The van der Waals surface area contributed by atoms with Crippen LogP contribution in [0.15, 0.2) is 24.3 Å². The average molecular weight is 413 g/mol. The smallest absolute Gasteiger partial charge is 0.387 e. The molecule has 1 saturated heterocycles. The molecule has 0 bridgehead atoms. The molecule has 0 saturated carbocycles. The molecular formula is C19H25F2N3O3S. The van der Waals surface area contributed by atoms with Crippen LogP contribution in [0, 0.1) is 6.92 Å². The van der Waals surface area contributed by atoms with Gasteiger partial charge in [0.25, 0.3) is 0 Å². The monoisotopic (exact) mass is 413 g/mol. The van der Waals surface area contributed by atoms with Crippen LogP contribution in [-0.4, -0.2) is 56.3 Å². The van der Waals surface area contributed by atoms with Crippen LogP contribution in [0.4, 0.5) is 14.5 Å². The van der Waals surface area contributed by atoms with E-state index in [1.54, 1.807) is 16.4 Å². The highest BCUT2D eigenvalue weighted by molar-refractivity contribution is 7.88. The molecule has 1 aliphatic rings. The molecule has 0 aliphatic carbocycles. The first-order chi connectivity index (χ1) is 13.2. The molecule has 0 unspecified atom stereocenters. The van der Waals surface area contributed by atoms with Gasteiger partial charge in [-0.1, -0.05) is 6.92 Å². The van der Waals surface area contributed by atoms with E-state index < -0.39 is 16.6 Å². The van der Waals surface area contributed by atoms with E-state index >= 15 is 0 Å². The number of piperidine rings is 1. The van der Waals surface area contributed by atoms with E-state index in [0.29, 0.717) is 38.0 Å². The van der Waals surface area contributed by atoms with Crippen molar-refractivity contribution < 1.29 is 21.9 Å². The van der Waals surface area contributed by atoms with Crippen LogP contribution in [0.2, 0.25) is 0 Å². The number of halogens is 2. The topological polar surface area (TPSA) is 62.7 Å². The molecule has 1 aromatic heterocycles. The van der Waals surface area contributed by atoms with E-state index in [0.717, 1.165) is 16.8 Å². The van der Waals surface area contributed by atoms with Crippen molar-refractivity contribution in [1.29, 1.82) is 0 Å². The van der Waals surface area contributed by atoms with Gasteiger partial charge in [0, 0.05) is 42.4 Å². The summed E-state index contributed by atoms with van der Waals surface area (Å²) in [5, 5.41) is 0.748. The Morgan fingerprint density at radius 1 is 1.29 bits per heavy atom. The lowest BCUT2D eigenvalue weighted by Gasteiger charge is -2.38. The number of aryl methyl sites for hydroxylation is 1. The van der Waals surface area contributed by atoms with Crippen molar-refractivity contribution in [2.24, 2.45) is 0 Å². The van der Waals surface area contributed by atoms with E-state index in [1.807, 2.05) is 19.9 Å². The fourth-order valence-corrected chi connectivity index (χ4v) is 5.13. The van der Waals surface area contributed by atoms with Crippen LogP contribution in [0.1, 0.15) is 25.5 Å². The van der Waals surface area contributed by atoms with Gasteiger partial charge in [-0.2, -0.15) is 13.1 Å². The maximum absolute atomic E-state index is 12.6. The van der Waals surface area contributed by atoms with Gasteiger partial charge in [0.15, 0.2) is 0 Å². The molecule has 2 aromatic rings. The predicted octanol–water partition coefficient (Wildman–Crippen LogP) is 3.39. The number of ether oxygens (including phenoxy) is 1. The Balaban J connectivity index is 1.87. The highest BCUT2D eigenvalue weighted by Gasteiger charge is 2.29. The summed E-state index contributed by atoms with van der Waals surface area (Å²) in [6.07, 6.45) is 2.65. The number of benzene rings is 1. The summed E-state index contributed by atoms with van der Waals surface area (Å²) >= 11 is 0. The lowest BCUT2D eigenvalue weighted by atomic mass is 10.0. The summed E-state index contributed by atoms with van der Waals surface area (Å²) in [6.45, 7) is 2.66. The molecule has 2 heterocycles. The van der Waals surface area contributed by atoms with Crippen molar-refractivity contribution in [3.05, 3.63) is 30.0 Å². The number of rotatable bonds is 6. The van der Waals surface area contributed by atoms with Crippen LogP contribution in [-0.2, 0) is 10.0 Å². The number of sulfonamides is 1. The molecule has 1 aromatic carbocycles. The van der Waals surface area contributed by atoms with Gasteiger partial charge in [-0.25, -0.2) is 8.42 Å². The largest absolute Gasteiger partial charge is 0.435 e. The molecule has 0 N–H and O–H groups in total. The third kappa shape index (κ3) is 4.52. The van der Waals surface area contributed by atoms with Gasteiger partial charge in [-0.3, -0.25) is 4.98 Å². The molecule has 28 heavy (non-hydrogen) atoms. The van der Waals surface area contributed by atoms with Crippen molar-refractivity contribution in [3.8, 4) is 5.75 Å². The Labute approximate surface area is 164 Å². The molecule has 1 fully saturated rings. The van der Waals surface area contributed by atoms with E-state index in [2.05, 4.69) is 14.6 Å². The number of hydrogen-bond donors (Lipinski definition) is 0. The molecule has 0 amide bonds. The first-order valence-electron chi connectivity index (χ1n) is 9.27. The van der Waals surface area contributed by atoms with Gasteiger partial charge in [-0.15, -0.1) is 0 Å². The third-order valence-electron chi connectivity index (χ3n) is 5.06. The summed E-state index contributed by atoms with van der Waals surface area (Å²) in [5.74, 6) is 0.0959. The van der Waals surface area contributed by atoms with Crippen LogP contribution in [0.3, 0.4) is 0 Å². The highest BCUT2D eigenvalue weighted by Crippen LogP contribution is 2.33. The second kappa shape index (κ2) is 8.16. The Hall–Kier alpha value is -2.00. The second-order valence-electron chi connectivity index (χ2n) is 7.02. The van der Waals surface area contributed by atoms with Gasteiger partial charge in [-0.05, 0) is 44.0 Å². The number of alkyl halides is 2. The zero-order chi connectivity index (χ0) is 20.5. The zero-order valence-corrected chi connectivity index (χ0v) is 17.0. The van der Waals surface area contributed by atoms with Gasteiger partial charge < -0.3 is 9.64 Å². The first kappa shape index (κ1) is 20.7. The quantitative estimate of drug-likeness (QED) is 0.726. The lowest BCUT2D eigenvalue weighted by molar-refractivity contribution is -0.0497. The molecule has 154 valence electrons. The summed E-state index contributed by atoms with van der Waals surface area (Å²) in [7, 11) is -3.24. The molecule has 0 atom stereocenters. The second-order valence-corrected chi connectivity index (χ2v) is 8.96. The molecule has 9 heteroatoms.